The Morgan fingerprint density at radius 3 is 2.71 bits per heavy atom. The van der Waals surface area contributed by atoms with E-state index in [-0.39, 0.29) is 17.7 Å². The fraction of sp³-hybridized carbons (Fsp3) is 0.375. The summed E-state index contributed by atoms with van der Waals surface area (Å²) in [5, 5.41) is 1.21. The molecule has 2 atom stereocenters. The summed E-state index contributed by atoms with van der Waals surface area (Å²) in [4.78, 5) is 18.2. The zero-order valence-corrected chi connectivity index (χ0v) is 19.0. The van der Waals surface area contributed by atoms with Gasteiger partial charge in [-0.2, -0.15) is 0 Å². The number of aryl methyl sites for hydroxylation is 1. The Balaban J connectivity index is 1.68. The number of H-pyrrole nitrogens is 1. The SMILES string of the molecule is COc1cc2c(cc1OC)C(CCc1c[nH]c3ccccc13)N(C(=O)C[S+](C)[O-])CC2. The van der Waals surface area contributed by atoms with Crippen LogP contribution in [0.1, 0.15) is 29.2 Å². The van der Waals surface area contributed by atoms with Crippen LogP contribution in [0.15, 0.2) is 42.6 Å². The van der Waals surface area contributed by atoms with Gasteiger partial charge in [0.05, 0.1) is 26.5 Å². The number of methoxy groups -OCH3 is 2. The van der Waals surface area contributed by atoms with E-state index in [1.54, 1.807) is 20.5 Å². The van der Waals surface area contributed by atoms with Crippen LogP contribution in [-0.4, -0.2) is 53.1 Å². The maximum absolute atomic E-state index is 13.0. The molecule has 0 aliphatic carbocycles. The Morgan fingerprint density at radius 1 is 1.23 bits per heavy atom. The van der Waals surface area contributed by atoms with E-state index in [0.717, 1.165) is 30.3 Å². The van der Waals surface area contributed by atoms with Crippen LogP contribution in [0.4, 0.5) is 0 Å². The first-order chi connectivity index (χ1) is 15.0. The maximum atomic E-state index is 13.0. The van der Waals surface area contributed by atoms with E-state index in [4.69, 9.17) is 9.47 Å². The van der Waals surface area contributed by atoms with Gasteiger partial charge in [0.1, 0.15) is 0 Å². The van der Waals surface area contributed by atoms with Crippen molar-refractivity contribution in [1.82, 2.24) is 9.88 Å². The average molecular weight is 441 g/mol. The number of rotatable bonds is 7. The standard InChI is InChI=1S/C24H28N2O4S/c1-29-22-12-16-10-11-26(24(27)15-31(3)28)21(19(16)13-23(22)30-2)9-8-17-14-25-20-7-5-4-6-18(17)20/h4-7,12-14,21,25H,8-11,15H2,1-3H3. The first-order valence-electron chi connectivity index (χ1n) is 10.4. The molecule has 7 heteroatoms. The van der Waals surface area contributed by atoms with E-state index < -0.39 is 11.2 Å². The molecule has 0 saturated carbocycles. The first kappa shape index (κ1) is 21.6. The summed E-state index contributed by atoms with van der Waals surface area (Å²) in [5.74, 6) is 1.34. The highest BCUT2D eigenvalue weighted by molar-refractivity contribution is 7.91. The van der Waals surface area contributed by atoms with Gasteiger partial charge in [0.15, 0.2) is 17.3 Å². The smallest absolute Gasteiger partial charge is 0.272 e. The number of amides is 1. The number of fused-ring (bicyclic) bond motifs is 2. The number of benzene rings is 2. The number of ether oxygens (including phenoxy) is 2. The van der Waals surface area contributed by atoms with Gasteiger partial charge in [0.2, 0.25) is 0 Å². The molecule has 0 fully saturated rings. The fourth-order valence-electron chi connectivity index (χ4n) is 4.53. The number of nitrogens with zero attached hydrogens (tertiary/aromatic N) is 1. The van der Waals surface area contributed by atoms with Crippen LogP contribution in [0.2, 0.25) is 0 Å². The van der Waals surface area contributed by atoms with Gasteiger partial charge in [-0.3, -0.25) is 4.79 Å². The lowest BCUT2D eigenvalue weighted by atomic mass is 9.88. The summed E-state index contributed by atoms with van der Waals surface area (Å²) in [5.41, 5.74) is 4.60. The molecule has 2 heterocycles. The largest absolute Gasteiger partial charge is 0.616 e. The van der Waals surface area contributed by atoms with Crippen molar-refractivity contribution >= 4 is 28.0 Å². The van der Waals surface area contributed by atoms with Crippen molar-refractivity contribution in [1.29, 1.82) is 0 Å². The number of hydrogen-bond donors (Lipinski definition) is 1. The Bertz CT molecular complexity index is 1080. The highest BCUT2D eigenvalue weighted by Crippen LogP contribution is 2.40. The lowest BCUT2D eigenvalue weighted by molar-refractivity contribution is -0.131. The molecule has 1 N–H and O–H groups in total. The van der Waals surface area contributed by atoms with Crippen molar-refractivity contribution in [3.8, 4) is 11.5 Å². The van der Waals surface area contributed by atoms with Crippen LogP contribution < -0.4 is 9.47 Å². The monoisotopic (exact) mass is 440 g/mol. The molecule has 0 spiro atoms. The summed E-state index contributed by atoms with van der Waals surface area (Å²) in [6, 6.07) is 12.2. The highest BCUT2D eigenvalue weighted by Gasteiger charge is 2.33. The Kier molecular flexibility index (Phi) is 6.43. The summed E-state index contributed by atoms with van der Waals surface area (Å²) in [6.07, 6.45) is 5.95. The van der Waals surface area contributed by atoms with Crippen molar-refractivity contribution in [2.24, 2.45) is 0 Å². The molecule has 0 bridgehead atoms. The fourth-order valence-corrected chi connectivity index (χ4v) is 5.04. The van der Waals surface area contributed by atoms with E-state index in [0.29, 0.717) is 18.0 Å². The molecule has 1 aliphatic rings. The van der Waals surface area contributed by atoms with Gasteiger partial charge in [-0.1, -0.05) is 18.2 Å². The van der Waals surface area contributed by atoms with Gasteiger partial charge in [-0.25, -0.2) is 0 Å². The van der Waals surface area contributed by atoms with Crippen molar-refractivity contribution in [3.05, 3.63) is 59.3 Å². The van der Waals surface area contributed by atoms with E-state index in [2.05, 4.69) is 23.3 Å². The molecule has 164 valence electrons. The second-order valence-corrected chi connectivity index (χ2v) is 9.31. The van der Waals surface area contributed by atoms with Gasteiger partial charge < -0.3 is 23.9 Å². The van der Waals surface area contributed by atoms with Crippen LogP contribution in [0.3, 0.4) is 0 Å². The topological polar surface area (TPSA) is 77.6 Å². The normalized spacial score (nSPS) is 16.8. The van der Waals surface area contributed by atoms with Gasteiger partial charge in [0, 0.05) is 23.6 Å². The Hall–Kier alpha value is -2.64. The predicted octanol–water partition coefficient (Wildman–Crippen LogP) is 3.62. The lowest BCUT2D eigenvalue weighted by Gasteiger charge is -2.38. The van der Waals surface area contributed by atoms with Gasteiger partial charge >= 0.3 is 0 Å². The first-order valence-corrected chi connectivity index (χ1v) is 12.1. The molecule has 1 amide bonds. The van der Waals surface area contributed by atoms with Crippen LogP contribution in [-0.2, 0) is 28.8 Å². The molecular formula is C24H28N2O4S. The second-order valence-electron chi connectivity index (χ2n) is 7.87. The lowest BCUT2D eigenvalue weighted by Crippen LogP contribution is -2.43. The molecule has 1 aromatic heterocycles. The number of carbonyl (C=O) groups excluding carboxylic acids is 1. The molecule has 31 heavy (non-hydrogen) atoms. The van der Waals surface area contributed by atoms with E-state index in [9.17, 15) is 9.35 Å². The van der Waals surface area contributed by atoms with Crippen LogP contribution in [0.5, 0.6) is 11.5 Å². The number of aromatic amines is 1. The minimum Gasteiger partial charge on any atom is -0.616 e. The van der Waals surface area contributed by atoms with Crippen molar-refractivity contribution in [3.63, 3.8) is 0 Å². The number of hydrogen-bond acceptors (Lipinski definition) is 4. The molecular weight excluding hydrogens is 412 g/mol. The highest BCUT2D eigenvalue weighted by atomic mass is 32.2. The summed E-state index contributed by atoms with van der Waals surface area (Å²) < 4.78 is 22.8. The summed E-state index contributed by atoms with van der Waals surface area (Å²) >= 11 is -1.17. The summed E-state index contributed by atoms with van der Waals surface area (Å²) in [6.45, 7) is 0.608. The minimum atomic E-state index is -1.17. The van der Waals surface area contributed by atoms with Crippen LogP contribution >= 0.6 is 0 Å². The minimum absolute atomic E-state index is 0.0478. The third-order valence-corrected chi connectivity index (χ3v) is 6.67. The quantitative estimate of drug-likeness (QED) is 0.569. The van der Waals surface area contributed by atoms with E-state index in [1.165, 1.54) is 16.5 Å². The van der Waals surface area contributed by atoms with Crippen LogP contribution in [0.25, 0.3) is 10.9 Å². The Morgan fingerprint density at radius 2 is 1.97 bits per heavy atom. The molecule has 2 unspecified atom stereocenters. The maximum Gasteiger partial charge on any atom is 0.272 e. The van der Waals surface area contributed by atoms with Gasteiger partial charge in [-0.15, -0.1) is 0 Å². The predicted molar refractivity (Wildman–Crippen MR) is 123 cm³/mol. The zero-order valence-electron chi connectivity index (χ0n) is 18.1. The number of para-hydroxylation sites is 1. The third kappa shape index (κ3) is 4.38. The molecule has 4 rings (SSSR count). The molecule has 0 radical (unpaired) electrons. The van der Waals surface area contributed by atoms with E-state index in [1.807, 2.05) is 29.2 Å². The molecule has 0 saturated heterocycles. The molecule has 2 aromatic carbocycles. The molecule has 1 aliphatic heterocycles. The number of aromatic nitrogens is 1. The van der Waals surface area contributed by atoms with Crippen molar-refractivity contribution in [2.45, 2.75) is 25.3 Å². The zero-order chi connectivity index (χ0) is 22.0. The van der Waals surface area contributed by atoms with Crippen molar-refractivity contribution < 1.29 is 18.8 Å². The molecule has 3 aromatic rings. The Labute approximate surface area is 185 Å². The summed E-state index contributed by atoms with van der Waals surface area (Å²) in [7, 11) is 3.26. The van der Waals surface area contributed by atoms with Crippen molar-refractivity contribution in [2.75, 3.05) is 32.8 Å². The average Bonchev–Trinajstić information content (AvgIpc) is 3.18. The second kappa shape index (κ2) is 9.24. The third-order valence-electron chi connectivity index (χ3n) is 6.01. The van der Waals surface area contributed by atoms with Gasteiger partial charge in [-0.05, 0) is 65.3 Å². The number of nitrogens with one attached hydrogen (secondary N) is 1. The molecule has 6 nitrogen and oxygen atoms in total. The number of carbonyl (C=O) groups is 1. The van der Waals surface area contributed by atoms with Crippen LogP contribution in [0, 0.1) is 0 Å². The van der Waals surface area contributed by atoms with E-state index >= 15 is 0 Å². The van der Waals surface area contributed by atoms with Gasteiger partial charge in [0.25, 0.3) is 5.91 Å².